The molecule has 0 aromatic heterocycles. The fraction of sp³-hybridized carbons (Fsp3) is 0.700. The molecule has 1 amide bonds. The van der Waals surface area contributed by atoms with Crippen LogP contribution in [0.25, 0.3) is 0 Å². The molecule has 0 rings (SSSR count). The van der Waals surface area contributed by atoms with Gasteiger partial charge in [0.25, 0.3) is 0 Å². The van der Waals surface area contributed by atoms with Crippen LogP contribution >= 0.6 is 0 Å². The fourth-order valence-electron chi connectivity index (χ4n) is 1.25. The lowest BCUT2D eigenvalue weighted by atomic mass is 10.1. The Hall–Kier alpha value is -1.88. The summed E-state index contributed by atoms with van der Waals surface area (Å²) in [4.78, 5) is 32.4. The molecule has 0 saturated carbocycles. The third-order valence-corrected chi connectivity index (χ3v) is 3.07. The highest BCUT2D eigenvalue weighted by atomic mass is 32.2. The summed E-state index contributed by atoms with van der Waals surface area (Å²) in [5.74, 6) is -2.61. The monoisotopic (exact) mass is 326 g/mol. The van der Waals surface area contributed by atoms with Crippen LogP contribution in [0, 0.1) is 0 Å². The van der Waals surface area contributed by atoms with E-state index in [1.807, 2.05) is 0 Å². The molecule has 0 aromatic rings. The van der Waals surface area contributed by atoms with E-state index >= 15 is 0 Å². The van der Waals surface area contributed by atoms with Gasteiger partial charge in [0.2, 0.25) is 0 Å². The first-order valence-corrected chi connectivity index (χ1v) is 7.47. The smallest absolute Gasteiger partial charge is 0.422 e. The molecule has 122 valence electrons. The number of hydrogen-bond acceptors (Lipinski definition) is 6. The number of ether oxygens (including phenoxy) is 1. The molecule has 10 nitrogen and oxygen atoms in total. The first kappa shape index (κ1) is 19.1. The van der Waals surface area contributed by atoms with Crippen molar-refractivity contribution in [1.29, 1.82) is 0 Å². The molecule has 0 fully saturated rings. The molecule has 0 heterocycles. The van der Waals surface area contributed by atoms with Crippen LogP contribution in [0.5, 0.6) is 0 Å². The lowest BCUT2D eigenvalue weighted by molar-refractivity contribution is -0.140. The van der Waals surface area contributed by atoms with Gasteiger partial charge in [-0.1, -0.05) is 0 Å². The van der Waals surface area contributed by atoms with Gasteiger partial charge in [0.1, 0.15) is 6.04 Å². The van der Waals surface area contributed by atoms with E-state index < -0.39 is 40.4 Å². The van der Waals surface area contributed by atoms with Crippen LogP contribution in [-0.4, -0.2) is 48.8 Å². The summed E-state index contributed by atoms with van der Waals surface area (Å²) in [6, 6.07) is -1.55. The maximum absolute atomic E-state index is 11.5. The zero-order valence-corrected chi connectivity index (χ0v) is 12.3. The Morgan fingerprint density at radius 1 is 1.19 bits per heavy atom. The molecular weight excluding hydrogens is 308 g/mol. The number of carbonyl (C=O) groups is 3. The predicted molar refractivity (Wildman–Crippen MR) is 69.7 cm³/mol. The van der Waals surface area contributed by atoms with Crippen molar-refractivity contribution in [2.24, 2.45) is 0 Å². The van der Waals surface area contributed by atoms with Crippen LogP contribution in [0.15, 0.2) is 0 Å². The molecule has 21 heavy (non-hydrogen) atoms. The standard InChI is InChI=1S/C10H18N2O8S/c1-6(2)20-10(17)12-21(18,19)11-7(9(15)16)4-3-5-8(13)14/h6-7,11H,3-5H2,1-2H3,(H,12,17)(H,13,14)(H,15,16)/t7-/m1/s1. The second-order valence-electron chi connectivity index (χ2n) is 4.35. The number of carboxylic acids is 2. The number of nitrogens with one attached hydrogen (secondary N) is 2. The number of hydrogen-bond donors (Lipinski definition) is 4. The van der Waals surface area contributed by atoms with Crippen LogP contribution < -0.4 is 9.44 Å². The molecule has 0 saturated heterocycles. The minimum Gasteiger partial charge on any atom is -0.481 e. The summed E-state index contributed by atoms with van der Waals surface area (Å²) in [5.41, 5.74) is 0. The fourth-order valence-corrected chi connectivity index (χ4v) is 2.17. The van der Waals surface area contributed by atoms with Gasteiger partial charge in [0, 0.05) is 6.42 Å². The van der Waals surface area contributed by atoms with Crippen molar-refractivity contribution in [2.75, 3.05) is 0 Å². The van der Waals surface area contributed by atoms with Crippen molar-refractivity contribution >= 4 is 28.2 Å². The molecule has 11 heteroatoms. The highest BCUT2D eigenvalue weighted by Gasteiger charge is 2.25. The van der Waals surface area contributed by atoms with Crippen LogP contribution in [-0.2, 0) is 24.5 Å². The van der Waals surface area contributed by atoms with Crippen molar-refractivity contribution in [1.82, 2.24) is 9.44 Å². The van der Waals surface area contributed by atoms with Gasteiger partial charge >= 0.3 is 28.2 Å². The Bertz CT molecular complexity index is 487. The minimum absolute atomic E-state index is 0.0364. The molecule has 0 bridgehead atoms. The van der Waals surface area contributed by atoms with E-state index in [1.54, 1.807) is 4.72 Å². The Kier molecular flexibility index (Phi) is 7.66. The molecule has 0 aliphatic carbocycles. The number of amides is 1. The Balaban J connectivity index is 4.57. The Morgan fingerprint density at radius 2 is 1.76 bits per heavy atom. The lowest BCUT2D eigenvalue weighted by Crippen LogP contribution is -2.48. The zero-order chi connectivity index (χ0) is 16.6. The van der Waals surface area contributed by atoms with E-state index in [0.29, 0.717) is 0 Å². The average molecular weight is 326 g/mol. The van der Waals surface area contributed by atoms with Crippen LogP contribution in [0.2, 0.25) is 0 Å². The van der Waals surface area contributed by atoms with Gasteiger partial charge in [-0.15, -0.1) is 0 Å². The number of carboxylic acid groups (broad SMARTS) is 2. The van der Waals surface area contributed by atoms with E-state index in [4.69, 9.17) is 10.2 Å². The molecule has 4 N–H and O–H groups in total. The maximum Gasteiger partial charge on any atom is 0.422 e. The molecular formula is C10H18N2O8S. The van der Waals surface area contributed by atoms with E-state index in [2.05, 4.69) is 4.74 Å². The highest BCUT2D eigenvalue weighted by molar-refractivity contribution is 7.88. The SMILES string of the molecule is CC(C)OC(=O)NS(=O)(=O)N[C@H](CCCC(=O)O)C(=O)O. The molecule has 0 unspecified atom stereocenters. The molecule has 0 spiro atoms. The van der Waals surface area contributed by atoms with Gasteiger partial charge in [0.05, 0.1) is 6.10 Å². The molecule has 0 aromatic carbocycles. The van der Waals surface area contributed by atoms with Crippen molar-refractivity contribution < 1.29 is 37.8 Å². The first-order valence-electron chi connectivity index (χ1n) is 5.98. The highest BCUT2D eigenvalue weighted by Crippen LogP contribution is 2.03. The third kappa shape index (κ3) is 9.62. The second kappa shape index (κ2) is 8.42. The number of aliphatic carboxylic acids is 2. The minimum atomic E-state index is -4.42. The Morgan fingerprint density at radius 3 is 2.19 bits per heavy atom. The van der Waals surface area contributed by atoms with Gasteiger partial charge in [0.15, 0.2) is 0 Å². The van der Waals surface area contributed by atoms with Crippen molar-refractivity contribution in [3.63, 3.8) is 0 Å². The van der Waals surface area contributed by atoms with Crippen LogP contribution in [0.4, 0.5) is 4.79 Å². The quantitative estimate of drug-likeness (QED) is 0.448. The molecule has 0 aliphatic heterocycles. The first-order chi connectivity index (χ1) is 9.53. The van der Waals surface area contributed by atoms with Crippen LogP contribution in [0.3, 0.4) is 0 Å². The number of carbonyl (C=O) groups excluding carboxylic acids is 1. The van der Waals surface area contributed by atoms with Gasteiger partial charge in [-0.3, -0.25) is 9.59 Å². The Labute approximate surface area is 121 Å². The summed E-state index contributed by atoms with van der Waals surface area (Å²) >= 11 is 0. The van der Waals surface area contributed by atoms with Gasteiger partial charge in [-0.2, -0.15) is 13.1 Å². The normalized spacial score (nSPS) is 12.7. The van der Waals surface area contributed by atoms with E-state index in [9.17, 15) is 22.8 Å². The van der Waals surface area contributed by atoms with Crippen molar-refractivity contribution in [3.05, 3.63) is 0 Å². The molecule has 1 atom stereocenters. The maximum atomic E-state index is 11.5. The van der Waals surface area contributed by atoms with Gasteiger partial charge < -0.3 is 14.9 Å². The lowest BCUT2D eigenvalue weighted by Gasteiger charge is -2.15. The molecule has 0 radical (unpaired) electrons. The van der Waals surface area contributed by atoms with E-state index in [0.717, 1.165) is 0 Å². The summed E-state index contributed by atoms with van der Waals surface area (Å²) in [6.45, 7) is 3.01. The average Bonchev–Trinajstić information content (AvgIpc) is 2.24. The van der Waals surface area contributed by atoms with Gasteiger partial charge in [-0.25, -0.2) is 9.52 Å². The van der Waals surface area contributed by atoms with Crippen molar-refractivity contribution in [2.45, 2.75) is 45.3 Å². The summed E-state index contributed by atoms with van der Waals surface area (Å²) in [7, 11) is -4.42. The third-order valence-electron chi connectivity index (χ3n) is 2.04. The zero-order valence-electron chi connectivity index (χ0n) is 11.5. The summed E-state index contributed by atoms with van der Waals surface area (Å²) in [5, 5.41) is 17.3. The second-order valence-corrected chi connectivity index (χ2v) is 5.80. The van der Waals surface area contributed by atoms with Crippen LogP contribution in [0.1, 0.15) is 33.1 Å². The molecule has 0 aliphatic rings. The van der Waals surface area contributed by atoms with Gasteiger partial charge in [-0.05, 0) is 26.7 Å². The van der Waals surface area contributed by atoms with Crippen molar-refractivity contribution in [3.8, 4) is 0 Å². The topological polar surface area (TPSA) is 159 Å². The summed E-state index contributed by atoms with van der Waals surface area (Å²) in [6.07, 6.45) is -2.36. The predicted octanol–water partition coefficient (Wildman–Crippen LogP) is -0.336. The summed E-state index contributed by atoms with van der Waals surface area (Å²) < 4.78 is 30.8. The number of rotatable bonds is 9. The van der Waals surface area contributed by atoms with E-state index in [-0.39, 0.29) is 19.3 Å². The van der Waals surface area contributed by atoms with E-state index in [1.165, 1.54) is 18.6 Å². The largest absolute Gasteiger partial charge is 0.481 e.